The Morgan fingerprint density at radius 1 is 1.27 bits per heavy atom. The van der Waals surface area contributed by atoms with E-state index in [1.807, 2.05) is 0 Å². The zero-order valence-electron chi connectivity index (χ0n) is 8.30. The molecule has 78 valence electrons. The highest BCUT2D eigenvalue weighted by Crippen LogP contribution is 2.18. The second-order valence-electron chi connectivity index (χ2n) is 3.24. The fourth-order valence-electron chi connectivity index (χ4n) is 1.34. The van der Waals surface area contributed by atoms with Gasteiger partial charge in [-0.05, 0) is 13.0 Å². The SMILES string of the molecule is Cc1nc(S(C)(=O)=O)c2cnccc2n1. The van der Waals surface area contributed by atoms with Crippen molar-refractivity contribution in [2.75, 3.05) is 6.26 Å². The lowest BCUT2D eigenvalue weighted by Crippen LogP contribution is -2.04. The Bertz CT molecular complexity index is 622. The lowest BCUT2D eigenvalue weighted by atomic mass is 10.3. The number of rotatable bonds is 1. The van der Waals surface area contributed by atoms with Crippen molar-refractivity contribution < 1.29 is 8.42 Å². The van der Waals surface area contributed by atoms with E-state index in [0.29, 0.717) is 16.7 Å². The summed E-state index contributed by atoms with van der Waals surface area (Å²) in [4.78, 5) is 11.9. The van der Waals surface area contributed by atoms with Crippen molar-refractivity contribution in [3.63, 3.8) is 0 Å². The Morgan fingerprint density at radius 3 is 2.67 bits per heavy atom. The van der Waals surface area contributed by atoms with E-state index >= 15 is 0 Å². The fourth-order valence-corrected chi connectivity index (χ4v) is 2.19. The van der Waals surface area contributed by atoms with Gasteiger partial charge in [-0.2, -0.15) is 0 Å². The van der Waals surface area contributed by atoms with Crippen LogP contribution in [0, 0.1) is 6.92 Å². The molecule has 0 spiro atoms. The highest BCUT2D eigenvalue weighted by atomic mass is 32.2. The molecule has 0 aliphatic heterocycles. The van der Waals surface area contributed by atoms with Gasteiger partial charge in [0.2, 0.25) is 0 Å². The normalized spacial score (nSPS) is 11.9. The van der Waals surface area contributed by atoms with Crippen LogP contribution in [0.4, 0.5) is 0 Å². The summed E-state index contributed by atoms with van der Waals surface area (Å²) in [5.41, 5.74) is 0.595. The summed E-state index contributed by atoms with van der Waals surface area (Å²) < 4.78 is 23.0. The van der Waals surface area contributed by atoms with E-state index in [1.165, 1.54) is 6.20 Å². The first-order valence-electron chi connectivity index (χ1n) is 4.27. The largest absolute Gasteiger partial charge is 0.264 e. The van der Waals surface area contributed by atoms with Crippen molar-refractivity contribution in [2.24, 2.45) is 0 Å². The Hall–Kier alpha value is -1.56. The molecule has 2 aromatic rings. The zero-order chi connectivity index (χ0) is 11.1. The van der Waals surface area contributed by atoms with E-state index < -0.39 is 9.84 Å². The standard InChI is InChI=1S/C9H9N3O2S/c1-6-11-8-3-4-10-5-7(8)9(12-6)15(2,13)14/h3-5H,1-2H3. The van der Waals surface area contributed by atoms with Gasteiger partial charge in [0.1, 0.15) is 5.82 Å². The van der Waals surface area contributed by atoms with Gasteiger partial charge >= 0.3 is 0 Å². The number of hydrogen-bond acceptors (Lipinski definition) is 5. The molecule has 0 aromatic carbocycles. The lowest BCUT2D eigenvalue weighted by molar-refractivity contribution is 0.598. The third-order valence-electron chi connectivity index (χ3n) is 1.93. The number of hydrogen-bond donors (Lipinski definition) is 0. The predicted octanol–water partition coefficient (Wildman–Crippen LogP) is 0.737. The van der Waals surface area contributed by atoms with Gasteiger partial charge in [0, 0.05) is 18.6 Å². The van der Waals surface area contributed by atoms with Gasteiger partial charge in [0.05, 0.1) is 10.9 Å². The number of pyridine rings is 1. The summed E-state index contributed by atoms with van der Waals surface area (Å²) in [6, 6.07) is 1.67. The van der Waals surface area contributed by atoms with Crippen molar-refractivity contribution >= 4 is 20.7 Å². The van der Waals surface area contributed by atoms with Crippen molar-refractivity contribution in [2.45, 2.75) is 11.9 Å². The third-order valence-corrected chi connectivity index (χ3v) is 2.94. The van der Waals surface area contributed by atoms with Crippen LogP contribution in [0.25, 0.3) is 10.9 Å². The molecule has 0 saturated heterocycles. The fraction of sp³-hybridized carbons (Fsp3) is 0.222. The molecule has 6 heteroatoms. The van der Waals surface area contributed by atoms with E-state index in [2.05, 4.69) is 15.0 Å². The van der Waals surface area contributed by atoms with Gasteiger partial charge in [-0.15, -0.1) is 0 Å². The van der Waals surface area contributed by atoms with E-state index in [9.17, 15) is 8.42 Å². The Kier molecular flexibility index (Phi) is 2.15. The van der Waals surface area contributed by atoms with Crippen LogP contribution in [0.3, 0.4) is 0 Å². The maximum Gasteiger partial charge on any atom is 0.193 e. The van der Waals surface area contributed by atoms with Gasteiger partial charge in [0.25, 0.3) is 0 Å². The highest BCUT2D eigenvalue weighted by Gasteiger charge is 2.15. The molecule has 5 nitrogen and oxygen atoms in total. The summed E-state index contributed by atoms with van der Waals surface area (Å²) in [5, 5.41) is 0.503. The number of fused-ring (bicyclic) bond motifs is 1. The van der Waals surface area contributed by atoms with Crippen LogP contribution >= 0.6 is 0 Å². The first-order valence-corrected chi connectivity index (χ1v) is 6.16. The first kappa shape index (κ1) is 9.97. The molecule has 0 amide bonds. The minimum atomic E-state index is -3.34. The van der Waals surface area contributed by atoms with Crippen LogP contribution < -0.4 is 0 Å². The topological polar surface area (TPSA) is 72.8 Å². The Labute approximate surface area is 87.1 Å². The number of aromatic nitrogens is 3. The summed E-state index contributed by atoms with van der Waals surface area (Å²) in [5.74, 6) is 0.439. The maximum atomic E-state index is 11.5. The molecule has 0 radical (unpaired) electrons. The van der Waals surface area contributed by atoms with E-state index in [4.69, 9.17) is 0 Å². The smallest absolute Gasteiger partial charge is 0.193 e. The third kappa shape index (κ3) is 1.80. The zero-order valence-corrected chi connectivity index (χ0v) is 9.11. The van der Waals surface area contributed by atoms with E-state index in [1.54, 1.807) is 19.2 Å². The van der Waals surface area contributed by atoms with Gasteiger partial charge < -0.3 is 0 Å². The predicted molar refractivity (Wildman–Crippen MR) is 55.2 cm³/mol. The van der Waals surface area contributed by atoms with Crippen LogP contribution in [0.1, 0.15) is 5.82 Å². The molecule has 0 aliphatic rings. The maximum absolute atomic E-state index is 11.5. The quantitative estimate of drug-likeness (QED) is 0.666. The van der Waals surface area contributed by atoms with E-state index in [-0.39, 0.29) is 5.03 Å². The highest BCUT2D eigenvalue weighted by molar-refractivity contribution is 7.90. The molecular formula is C9H9N3O2S. The van der Waals surface area contributed by atoms with Crippen molar-refractivity contribution in [1.82, 2.24) is 15.0 Å². The number of nitrogens with zero attached hydrogens (tertiary/aromatic N) is 3. The van der Waals surface area contributed by atoms with Crippen molar-refractivity contribution in [3.8, 4) is 0 Å². The average Bonchev–Trinajstić information content (AvgIpc) is 2.15. The van der Waals surface area contributed by atoms with Gasteiger partial charge in [0.15, 0.2) is 14.9 Å². The van der Waals surface area contributed by atoms with Crippen LogP contribution in [-0.2, 0) is 9.84 Å². The van der Waals surface area contributed by atoms with Crippen LogP contribution in [0.5, 0.6) is 0 Å². The van der Waals surface area contributed by atoms with Crippen molar-refractivity contribution in [3.05, 3.63) is 24.3 Å². The van der Waals surface area contributed by atoms with Crippen LogP contribution in [-0.4, -0.2) is 29.6 Å². The van der Waals surface area contributed by atoms with Gasteiger partial charge in [-0.1, -0.05) is 0 Å². The minimum absolute atomic E-state index is 0.0399. The minimum Gasteiger partial charge on any atom is -0.264 e. The number of aryl methyl sites for hydroxylation is 1. The summed E-state index contributed by atoms with van der Waals surface area (Å²) in [7, 11) is -3.34. The molecule has 0 atom stereocenters. The van der Waals surface area contributed by atoms with Crippen LogP contribution in [0.2, 0.25) is 0 Å². The van der Waals surface area contributed by atoms with Gasteiger partial charge in [-0.3, -0.25) is 4.98 Å². The second kappa shape index (κ2) is 3.23. The lowest BCUT2D eigenvalue weighted by Gasteiger charge is -2.03. The molecule has 15 heavy (non-hydrogen) atoms. The second-order valence-corrected chi connectivity index (χ2v) is 5.17. The van der Waals surface area contributed by atoms with Crippen molar-refractivity contribution in [1.29, 1.82) is 0 Å². The van der Waals surface area contributed by atoms with Gasteiger partial charge in [-0.25, -0.2) is 18.4 Å². The van der Waals surface area contributed by atoms with Crippen LogP contribution in [0.15, 0.2) is 23.5 Å². The van der Waals surface area contributed by atoms with E-state index in [0.717, 1.165) is 6.26 Å². The molecule has 2 aromatic heterocycles. The first-order chi connectivity index (χ1) is 6.98. The Balaban J connectivity index is 2.96. The molecule has 0 N–H and O–H groups in total. The molecule has 0 aliphatic carbocycles. The summed E-state index contributed by atoms with van der Waals surface area (Å²) in [6.07, 6.45) is 4.16. The summed E-state index contributed by atoms with van der Waals surface area (Å²) >= 11 is 0. The summed E-state index contributed by atoms with van der Waals surface area (Å²) in [6.45, 7) is 1.66. The molecule has 0 unspecified atom stereocenters. The monoisotopic (exact) mass is 223 g/mol. The molecule has 0 saturated carbocycles. The number of sulfone groups is 1. The molecule has 2 rings (SSSR count). The molecule has 0 bridgehead atoms. The molecule has 0 fully saturated rings. The average molecular weight is 223 g/mol. The Morgan fingerprint density at radius 2 is 2.00 bits per heavy atom. The molecule has 2 heterocycles. The molecular weight excluding hydrogens is 214 g/mol.